The standard InChI is InChI=1S/C17H16ClNO4/c1-2-11-3-6-13(7-4-11)23-10-16(20)19-12-5-8-14(17(21)22)15(18)9-12/h3-9H,2,10H2,1H3,(H,19,20)(H,21,22). The van der Waals surface area contributed by atoms with Crippen molar-refractivity contribution in [1.29, 1.82) is 0 Å². The molecule has 5 nitrogen and oxygen atoms in total. The molecule has 2 rings (SSSR count). The fraction of sp³-hybridized carbons (Fsp3) is 0.176. The number of aromatic carboxylic acids is 1. The molecule has 0 bridgehead atoms. The van der Waals surface area contributed by atoms with Crippen molar-refractivity contribution in [2.24, 2.45) is 0 Å². The van der Waals surface area contributed by atoms with Crippen LogP contribution in [-0.2, 0) is 11.2 Å². The smallest absolute Gasteiger partial charge is 0.337 e. The van der Waals surface area contributed by atoms with Gasteiger partial charge in [-0.25, -0.2) is 4.79 Å². The normalized spacial score (nSPS) is 10.2. The Hall–Kier alpha value is -2.53. The van der Waals surface area contributed by atoms with Gasteiger partial charge in [0, 0.05) is 5.69 Å². The zero-order valence-corrected chi connectivity index (χ0v) is 13.3. The van der Waals surface area contributed by atoms with Crippen LogP contribution in [0.1, 0.15) is 22.8 Å². The molecule has 0 fully saturated rings. The third kappa shape index (κ3) is 4.72. The van der Waals surface area contributed by atoms with Crippen molar-refractivity contribution in [3.05, 3.63) is 58.6 Å². The number of hydrogen-bond acceptors (Lipinski definition) is 3. The molecule has 2 N–H and O–H groups in total. The average Bonchev–Trinajstić information content (AvgIpc) is 2.53. The quantitative estimate of drug-likeness (QED) is 0.846. The van der Waals surface area contributed by atoms with E-state index in [9.17, 15) is 9.59 Å². The number of aryl methyl sites for hydroxylation is 1. The highest BCUT2D eigenvalue weighted by molar-refractivity contribution is 6.33. The molecule has 0 saturated heterocycles. The predicted octanol–water partition coefficient (Wildman–Crippen LogP) is 3.62. The van der Waals surface area contributed by atoms with Crippen molar-refractivity contribution < 1.29 is 19.4 Å². The van der Waals surface area contributed by atoms with E-state index in [2.05, 4.69) is 12.2 Å². The topological polar surface area (TPSA) is 75.6 Å². The number of carbonyl (C=O) groups excluding carboxylic acids is 1. The van der Waals surface area contributed by atoms with Gasteiger partial charge in [-0.2, -0.15) is 0 Å². The molecule has 0 unspecified atom stereocenters. The van der Waals surface area contributed by atoms with Gasteiger partial charge in [0.15, 0.2) is 6.61 Å². The highest BCUT2D eigenvalue weighted by atomic mass is 35.5. The molecule has 0 atom stereocenters. The molecule has 0 aromatic heterocycles. The molecule has 0 aliphatic rings. The summed E-state index contributed by atoms with van der Waals surface area (Å²) in [5, 5.41) is 11.6. The van der Waals surface area contributed by atoms with Crippen molar-refractivity contribution in [3.8, 4) is 5.75 Å². The van der Waals surface area contributed by atoms with Crippen molar-refractivity contribution in [2.75, 3.05) is 11.9 Å². The molecule has 0 aliphatic heterocycles. The Morgan fingerprint density at radius 1 is 1.17 bits per heavy atom. The van der Waals surface area contributed by atoms with Crippen molar-refractivity contribution in [3.63, 3.8) is 0 Å². The second kappa shape index (κ2) is 7.65. The van der Waals surface area contributed by atoms with E-state index in [4.69, 9.17) is 21.4 Å². The van der Waals surface area contributed by atoms with Gasteiger partial charge in [-0.3, -0.25) is 4.79 Å². The molecule has 23 heavy (non-hydrogen) atoms. The van der Waals surface area contributed by atoms with E-state index in [0.29, 0.717) is 11.4 Å². The highest BCUT2D eigenvalue weighted by Crippen LogP contribution is 2.21. The molecule has 2 aromatic rings. The van der Waals surface area contributed by atoms with E-state index < -0.39 is 5.97 Å². The number of ether oxygens (including phenoxy) is 1. The first-order valence-electron chi connectivity index (χ1n) is 7.04. The third-order valence-electron chi connectivity index (χ3n) is 3.18. The molecular weight excluding hydrogens is 318 g/mol. The fourth-order valence-electron chi connectivity index (χ4n) is 1.93. The van der Waals surface area contributed by atoms with Crippen LogP contribution >= 0.6 is 11.6 Å². The number of carbonyl (C=O) groups is 2. The summed E-state index contributed by atoms with van der Waals surface area (Å²) >= 11 is 5.85. The summed E-state index contributed by atoms with van der Waals surface area (Å²) in [6, 6.07) is 11.7. The van der Waals surface area contributed by atoms with Gasteiger partial charge in [0.05, 0.1) is 10.6 Å². The Kier molecular flexibility index (Phi) is 5.60. The minimum Gasteiger partial charge on any atom is -0.484 e. The molecule has 6 heteroatoms. The summed E-state index contributed by atoms with van der Waals surface area (Å²) in [4.78, 5) is 22.7. The van der Waals surface area contributed by atoms with Gasteiger partial charge in [0.1, 0.15) is 5.75 Å². The summed E-state index contributed by atoms with van der Waals surface area (Å²) in [6.45, 7) is 1.91. The van der Waals surface area contributed by atoms with Crippen LogP contribution in [-0.4, -0.2) is 23.6 Å². The first-order chi connectivity index (χ1) is 11.0. The summed E-state index contributed by atoms with van der Waals surface area (Å²) in [7, 11) is 0. The van der Waals surface area contributed by atoms with Gasteiger partial charge in [-0.05, 0) is 42.3 Å². The maximum Gasteiger partial charge on any atom is 0.337 e. The lowest BCUT2D eigenvalue weighted by atomic mass is 10.2. The van der Waals surface area contributed by atoms with Crippen molar-refractivity contribution in [2.45, 2.75) is 13.3 Å². The maximum absolute atomic E-state index is 11.8. The minimum atomic E-state index is -1.12. The van der Waals surface area contributed by atoms with E-state index in [0.717, 1.165) is 6.42 Å². The SMILES string of the molecule is CCc1ccc(OCC(=O)Nc2ccc(C(=O)O)c(Cl)c2)cc1. The number of carboxylic acid groups (broad SMARTS) is 1. The minimum absolute atomic E-state index is 0.0167. The van der Waals surface area contributed by atoms with Crippen LogP contribution in [0.25, 0.3) is 0 Å². The van der Waals surface area contributed by atoms with Crippen LogP contribution in [0.4, 0.5) is 5.69 Å². The lowest BCUT2D eigenvalue weighted by molar-refractivity contribution is -0.118. The zero-order chi connectivity index (χ0) is 16.8. The van der Waals surface area contributed by atoms with E-state index in [1.54, 1.807) is 0 Å². The highest BCUT2D eigenvalue weighted by Gasteiger charge is 2.10. The summed E-state index contributed by atoms with van der Waals surface area (Å²) < 4.78 is 5.39. The Balaban J connectivity index is 1.91. The average molecular weight is 334 g/mol. The monoisotopic (exact) mass is 333 g/mol. The van der Waals surface area contributed by atoms with Gasteiger partial charge in [-0.1, -0.05) is 30.7 Å². The maximum atomic E-state index is 11.8. The van der Waals surface area contributed by atoms with Gasteiger partial charge in [-0.15, -0.1) is 0 Å². The Bertz CT molecular complexity index is 713. The number of hydrogen-bond donors (Lipinski definition) is 2. The molecule has 120 valence electrons. The van der Waals surface area contributed by atoms with E-state index in [-0.39, 0.29) is 23.1 Å². The Morgan fingerprint density at radius 3 is 2.43 bits per heavy atom. The van der Waals surface area contributed by atoms with Crippen LogP contribution in [0.3, 0.4) is 0 Å². The molecule has 0 saturated carbocycles. The molecular formula is C17H16ClNO4. The predicted molar refractivity (Wildman–Crippen MR) is 88.4 cm³/mol. The Labute approximate surface area is 138 Å². The number of nitrogens with one attached hydrogen (secondary N) is 1. The fourth-order valence-corrected chi connectivity index (χ4v) is 2.20. The second-order valence-electron chi connectivity index (χ2n) is 4.83. The summed E-state index contributed by atoms with van der Waals surface area (Å²) in [5.74, 6) is -0.868. The van der Waals surface area contributed by atoms with Crippen LogP contribution in [0.2, 0.25) is 5.02 Å². The van der Waals surface area contributed by atoms with E-state index >= 15 is 0 Å². The molecule has 1 amide bonds. The number of benzene rings is 2. The summed E-state index contributed by atoms with van der Waals surface area (Å²) in [5.41, 5.74) is 1.59. The van der Waals surface area contributed by atoms with Crippen molar-refractivity contribution >= 4 is 29.2 Å². The molecule has 2 aromatic carbocycles. The Morgan fingerprint density at radius 2 is 1.87 bits per heavy atom. The van der Waals surface area contributed by atoms with E-state index in [1.165, 1.54) is 23.8 Å². The van der Waals surface area contributed by atoms with Crippen LogP contribution in [0, 0.1) is 0 Å². The van der Waals surface area contributed by atoms with Crippen molar-refractivity contribution in [1.82, 2.24) is 0 Å². The number of rotatable bonds is 6. The summed E-state index contributed by atoms with van der Waals surface area (Å²) in [6.07, 6.45) is 0.938. The van der Waals surface area contributed by atoms with E-state index in [1.807, 2.05) is 24.3 Å². The third-order valence-corrected chi connectivity index (χ3v) is 3.50. The number of anilines is 1. The molecule has 0 aliphatic carbocycles. The van der Waals surface area contributed by atoms with Crippen LogP contribution in [0.5, 0.6) is 5.75 Å². The first kappa shape index (κ1) is 16.8. The van der Waals surface area contributed by atoms with Gasteiger partial charge in [0.25, 0.3) is 5.91 Å². The molecule has 0 radical (unpaired) electrons. The van der Waals surface area contributed by atoms with Crippen LogP contribution < -0.4 is 10.1 Å². The molecule has 0 spiro atoms. The lowest BCUT2D eigenvalue weighted by Crippen LogP contribution is -2.20. The molecule has 0 heterocycles. The first-order valence-corrected chi connectivity index (χ1v) is 7.42. The largest absolute Gasteiger partial charge is 0.484 e. The number of amides is 1. The van der Waals surface area contributed by atoms with Gasteiger partial charge >= 0.3 is 5.97 Å². The van der Waals surface area contributed by atoms with Crippen LogP contribution in [0.15, 0.2) is 42.5 Å². The number of carboxylic acids is 1. The van der Waals surface area contributed by atoms with Gasteiger partial charge < -0.3 is 15.2 Å². The second-order valence-corrected chi connectivity index (χ2v) is 5.24. The number of halogens is 1. The van der Waals surface area contributed by atoms with Gasteiger partial charge in [0.2, 0.25) is 0 Å². The zero-order valence-electron chi connectivity index (χ0n) is 12.5. The lowest BCUT2D eigenvalue weighted by Gasteiger charge is -2.09.